The standard InChI is InChI=1S/C10H20N2O6S/c1-18-5-3-12(8-10(14)15)4-7-19(16,17)6-2-9(11)13/h2-8H2,1H3,(H2,11,13)(H,14,15). The highest BCUT2D eigenvalue weighted by atomic mass is 32.2. The number of nitrogens with zero attached hydrogens (tertiary/aromatic N) is 1. The van der Waals surface area contributed by atoms with Crippen molar-refractivity contribution in [1.29, 1.82) is 0 Å². The normalized spacial score (nSPS) is 11.7. The number of carbonyl (C=O) groups is 2. The number of ether oxygens (including phenoxy) is 1. The maximum atomic E-state index is 11.6. The van der Waals surface area contributed by atoms with Crippen LogP contribution in [0.5, 0.6) is 0 Å². The summed E-state index contributed by atoms with van der Waals surface area (Å²) in [5, 5.41) is 8.70. The minimum Gasteiger partial charge on any atom is -0.480 e. The van der Waals surface area contributed by atoms with E-state index >= 15 is 0 Å². The van der Waals surface area contributed by atoms with Gasteiger partial charge >= 0.3 is 5.97 Å². The highest BCUT2D eigenvalue weighted by Crippen LogP contribution is 1.97. The molecule has 0 saturated carbocycles. The van der Waals surface area contributed by atoms with Crippen LogP contribution in [0.3, 0.4) is 0 Å². The second-order valence-electron chi connectivity index (χ2n) is 4.03. The van der Waals surface area contributed by atoms with Crippen molar-refractivity contribution in [3.05, 3.63) is 0 Å². The van der Waals surface area contributed by atoms with Gasteiger partial charge in [-0.25, -0.2) is 8.42 Å². The van der Waals surface area contributed by atoms with Crippen LogP contribution < -0.4 is 5.73 Å². The summed E-state index contributed by atoms with van der Waals surface area (Å²) in [6.07, 6.45) is -0.223. The highest BCUT2D eigenvalue weighted by Gasteiger charge is 2.16. The van der Waals surface area contributed by atoms with Crippen molar-refractivity contribution in [2.24, 2.45) is 5.73 Å². The van der Waals surface area contributed by atoms with Crippen LogP contribution in [0, 0.1) is 0 Å². The van der Waals surface area contributed by atoms with E-state index in [1.807, 2.05) is 0 Å². The first kappa shape index (κ1) is 17.8. The Balaban J connectivity index is 4.27. The maximum Gasteiger partial charge on any atom is 0.317 e. The molecule has 0 aliphatic rings. The largest absolute Gasteiger partial charge is 0.480 e. The molecular weight excluding hydrogens is 276 g/mol. The molecule has 0 aromatic carbocycles. The van der Waals surface area contributed by atoms with E-state index < -0.39 is 21.7 Å². The fourth-order valence-electron chi connectivity index (χ4n) is 1.31. The van der Waals surface area contributed by atoms with E-state index in [2.05, 4.69) is 0 Å². The van der Waals surface area contributed by atoms with Crippen LogP contribution in [-0.2, 0) is 24.2 Å². The number of hydrogen-bond donors (Lipinski definition) is 2. The van der Waals surface area contributed by atoms with Crippen molar-refractivity contribution in [2.45, 2.75) is 6.42 Å². The third-order valence-corrected chi connectivity index (χ3v) is 3.98. The summed E-state index contributed by atoms with van der Waals surface area (Å²) in [7, 11) is -1.93. The fraction of sp³-hybridized carbons (Fsp3) is 0.800. The Hall–Kier alpha value is -1.19. The summed E-state index contributed by atoms with van der Waals surface area (Å²) >= 11 is 0. The van der Waals surface area contributed by atoms with Gasteiger partial charge in [0.15, 0.2) is 9.84 Å². The molecule has 9 heteroatoms. The Morgan fingerprint density at radius 2 is 1.89 bits per heavy atom. The molecule has 3 N–H and O–H groups in total. The second kappa shape index (κ2) is 8.83. The molecular formula is C10H20N2O6S. The molecule has 0 rings (SSSR count). The Kier molecular flexibility index (Phi) is 8.28. The molecule has 1 amide bonds. The number of methoxy groups -OCH3 is 1. The van der Waals surface area contributed by atoms with Crippen molar-refractivity contribution >= 4 is 21.7 Å². The van der Waals surface area contributed by atoms with Crippen LogP contribution in [0.4, 0.5) is 0 Å². The van der Waals surface area contributed by atoms with Crippen LogP contribution in [0.2, 0.25) is 0 Å². The number of primary amides is 1. The molecule has 0 aliphatic carbocycles. The van der Waals surface area contributed by atoms with Crippen molar-refractivity contribution in [2.75, 3.05) is 44.9 Å². The van der Waals surface area contributed by atoms with Crippen molar-refractivity contribution in [3.63, 3.8) is 0 Å². The Morgan fingerprint density at radius 1 is 1.26 bits per heavy atom. The Bertz CT molecular complexity index is 395. The minimum absolute atomic E-state index is 0.0801. The van der Waals surface area contributed by atoms with E-state index in [0.29, 0.717) is 13.2 Å². The van der Waals surface area contributed by atoms with Gasteiger partial charge in [-0.15, -0.1) is 0 Å². The molecule has 19 heavy (non-hydrogen) atoms. The minimum atomic E-state index is -3.41. The lowest BCUT2D eigenvalue weighted by Crippen LogP contribution is -2.36. The van der Waals surface area contributed by atoms with Gasteiger partial charge in [0.1, 0.15) is 0 Å². The van der Waals surface area contributed by atoms with Gasteiger partial charge in [-0.1, -0.05) is 0 Å². The summed E-state index contributed by atoms with van der Waals surface area (Å²) in [6.45, 7) is 0.466. The number of sulfone groups is 1. The first-order valence-corrected chi connectivity index (χ1v) is 7.51. The summed E-state index contributed by atoms with van der Waals surface area (Å²) in [5.74, 6) is -2.24. The molecule has 0 aliphatic heterocycles. The first-order chi connectivity index (χ1) is 8.76. The first-order valence-electron chi connectivity index (χ1n) is 5.68. The SMILES string of the molecule is COCCN(CCS(=O)(=O)CCC(N)=O)CC(=O)O. The monoisotopic (exact) mass is 296 g/mol. The summed E-state index contributed by atoms with van der Waals surface area (Å²) < 4.78 is 28.0. The smallest absolute Gasteiger partial charge is 0.317 e. The molecule has 0 heterocycles. The predicted molar refractivity (Wildman–Crippen MR) is 68.4 cm³/mol. The molecule has 0 bridgehead atoms. The zero-order valence-corrected chi connectivity index (χ0v) is 11.7. The average molecular weight is 296 g/mol. The third-order valence-electron chi connectivity index (χ3n) is 2.35. The number of aliphatic carboxylic acids is 1. The van der Waals surface area contributed by atoms with E-state index in [1.165, 1.54) is 12.0 Å². The fourth-order valence-corrected chi connectivity index (χ4v) is 2.56. The Morgan fingerprint density at radius 3 is 2.37 bits per heavy atom. The molecule has 0 radical (unpaired) electrons. The average Bonchev–Trinajstić information content (AvgIpc) is 2.30. The summed E-state index contributed by atoms with van der Waals surface area (Å²) in [5.41, 5.74) is 4.88. The summed E-state index contributed by atoms with van der Waals surface area (Å²) in [6, 6.07) is 0. The van der Waals surface area contributed by atoms with Crippen molar-refractivity contribution in [3.8, 4) is 0 Å². The predicted octanol–water partition coefficient (Wildman–Crippen LogP) is -1.69. The second-order valence-corrected chi connectivity index (χ2v) is 6.33. The van der Waals surface area contributed by atoms with E-state index in [0.717, 1.165) is 0 Å². The van der Waals surface area contributed by atoms with Gasteiger partial charge < -0.3 is 15.6 Å². The quantitative estimate of drug-likeness (QED) is 0.465. The van der Waals surface area contributed by atoms with Crippen LogP contribution in [0.1, 0.15) is 6.42 Å². The molecule has 0 fully saturated rings. The van der Waals surface area contributed by atoms with E-state index in [4.69, 9.17) is 15.6 Å². The Labute approximate surface area is 112 Å². The number of rotatable bonds is 11. The molecule has 0 spiro atoms. The number of hydrogen-bond acceptors (Lipinski definition) is 6. The molecule has 8 nitrogen and oxygen atoms in total. The number of nitrogens with two attached hydrogens (primary N) is 1. The molecule has 112 valence electrons. The van der Waals surface area contributed by atoms with Gasteiger partial charge in [0, 0.05) is 26.6 Å². The van der Waals surface area contributed by atoms with Gasteiger partial charge in [-0.3, -0.25) is 14.5 Å². The summed E-state index contributed by atoms with van der Waals surface area (Å²) in [4.78, 5) is 22.6. The molecule has 0 unspecified atom stereocenters. The van der Waals surface area contributed by atoms with Crippen molar-refractivity contribution < 1.29 is 27.9 Å². The molecule has 0 saturated heterocycles. The number of amides is 1. The maximum absolute atomic E-state index is 11.6. The van der Waals surface area contributed by atoms with Crippen LogP contribution in [-0.4, -0.2) is 75.2 Å². The van der Waals surface area contributed by atoms with Gasteiger partial charge in [0.25, 0.3) is 0 Å². The van der Waals surface area contributed by atoms with Crippen molar-refractivity contribution in [1.82, 2.24) is 4.90 Å². The van der Waals surface area contributed by atoms with Gasteiger partial charge in [0.05, 0.1) is 24.7 Å². The number of carbonyl (C=O) groups excluding carboxylic acids is 1. The van der Waals surface area contributed by atoms with Crippen LogP contribution in [0.15, 0.2) is 0 Å². The number of carboxylic acid groups (broad SMARTS) is 1. The van der Waals surface area contributed by atoms with E-state index in [9.17, 15) is 18.0 Å². The van der Waals surface area contributed by atoms with Crippen LogP contribution >= 0.6 is 0 Å². The molecule has 0 aromatic rings. The molecule has 0 aromatic heterocycles. The topological polar surface area (TPSA) is 127 Å². The van der Waals surface area contributed by atoms with Gasteiger partial charge in [-0.05, 0) is 0 Å². The number of carboxylic acids is 1. The third kappa shape index (κ3) is 10.4. The lowest BCUT2D eigenvalue weighted by Gasteiger charge is -2.19. The van der Waals surface area contributed by atoms with Gasteiger partial charge in [-0.2, -0.15) is 0 Å². The van der Waals surface area contributed by atoms with E-state index in [-0.39, 0.29) is 31.0 Å². The molecule has 0 atom stereocenters. The van der Waals surface area contributed by atoms with Gasteiger partial charge in [0.2, 0.25) is 5.91 Å². The zero-order valence-electron chi connectivity index (χ0n) is 10.9. The zero-order chi connectivity index (χ0) is 14.9. The lowest BCUT2D eigenvalue weighted by molar-refractivity contribution is -0.138. The highest BCUT2D eigenvalue weighted by molar-refractivity contribution is 7.91. The lowest BCUT2D eigenvalue weighted by atomic mass is 10.4. The van der Waals surface area contributed by atoms with E-state index in [1.54, 1.807) is 0 Å². The van der Waals surface area contributed by atoms with Crippen LogP contribution in [0.25, 0.3) is 0 Å².